The van der Waals surface area contributed by atoms with E-state index < -0.39 is 0 Å². The quantitative estimate of drug-likeness (QED) is 0.775. The van der Waals surface area contributed by atoms with Gasteiger partial charge in [0.15, 0.2) is 0 Å². The second-order valence-corrected chi connectivity index (χ2v) is 5.86. The van der Waals surface area contributed by atoms with Crippen molar-refractivity contribution in [1.82, 2.24) is 4.98 Å². The Kier molecular flexibility index (Phi) is 4.10. The van der Waals surface area contributed by atoms with E-state index in [0.29, 0.717) is 13.1 Å². The largest absolute Gasteiger partial charge is 0.326 e. The molecule has 0 bridgehead atoms. The van der Waals surface area contributed by atoms with E-state index in [1.807, 2.05) is 18.3 Å². The van der Waals surface area contributed by atoms with Gasteiger partial charge in [-0.05, 0) is 16.7 Å². The van der Waals surface area contributed by atoms with Crippen molar-refractivity contribution < 1.29 is 0 Å². The molecule has 4 heteroatoms. The lowest BCUT2D eigenvalue weighted by Gasteiger charge is -2.00. The number of nitrogens with two attached hydrogens (primary N) is 2. The molecule has 4 N–H and O–H groups in total. The molecule has 3 aromatic rings. The maximum absolute atomic E-state index is 5.62. The molecule has 0 amide bonds. The van der Waals surface area contributed by atoms with Gasteiger partial charge in [0.25, 0.3) is 0 Å². The second kappa shape index (κ2) is 6.18. The summed E-state index contributed by atoms with van der Waals surface area (Å²) in [6.45, 7) is 1.14. The molecule has 21 heavy (non-hydrogen) atoms. The fraction of sp³-hybridized carbons (Fsp3) is 0.118. The van der Waals surface area contributed by atoms with Crippen molar-refractivity contribution in [3.63, 3.8) is 0 Å². The number of aromatic nitrogens is 1. The Labute approximate surface area is 128 Å². The molecule has 106 valence electrons. The molecule has 0 spiro atoms. The van der Waals surface area contributed by atoms with Crippen molar-refractivity contribution in [2.45, 2.75) is 13.1 Å². The average Bonchev–Trinajstić information content (AvgIpc) is 3.05. The number of nitrogens with zero attached hydrogens (tertiary/aromatic N) is 1. The van der Waals surface area contributed by atoms with E-state index >= 15 is 0 Å². The van der Waals surface area contributed by atoms with Crippen LogP contribution in [0.3, 0.4) is 0 Å². The SMILES string of the molecule is NCc1ccc(-c2cnc(-c3ccc(CN)cc3)s2)cc1. The molecular weight excluding hydrogens is 278 g/mol. The summed E-state index contributed by atoms with van der Waals surface area (Å²) in [4.78, 5) is 5.69. The van der Waals surface area contributed by atoms with Gasteiger partial charge in [-0.3, -0.25) is 0 Å². The number of thiazole rings is 1. The first-order valence-electron chi connectivity index (χ1n) is 6.85. The van der Waals surface area contributed by atoms with Gasteiger partial charge in [-0.1, -0.05) is 48.5 Å². The van der Waals surface area contributed by atoms with Crippen molar-refractivity contribution in [3.05, 3.63) is 65.9 Å². The van der Waals surface area contributed by atoms with E-state index in [0.717, 1.165) is 26.6 Å². The van der Waals surface area contributed by atoms with Crippen molar-refractivity contribution >= 4 is 11.3 Å². The van der Waals surface area contributed by atoms with Crippen molar-refractivity contribution in [1.29, 1.82) is 0 Å². The zero-order valence-electron chi connectivity index (χ0n) is 11.6. The summed E-state index contributed by atoms with van der Waals surface area (Å²) < 4.78 is 0. The van der Waals surface area contributed by atoms with E-state index in [2.05, 4.69) is 41.4 Å². The average molecular weight is 295 g/mol. The summed E-state index contributed by atoms with van der Waals surface area (Å²) >= 11 is 1.69. The minimum Gasteiger partial charge on any atom is -0.326 e. The van der Waals surface area contributed by atoms with Crippen LogP contribution in [0, 0.1) is 0 Å². The first-order valence-corrected chi connectivity index (χ1v) is 7.66. The molecular formula is C17H17N3S. The van der Waals surface area contributed by atoms with Crippen LogP contribution in [0.1, 0.15) is 11.1 Å². The van der Waals surface area contributed by atoms with Crippen LogP contribution in [0.25, 0.3) is 21.0 Å². The second-order valence-electron chi connectivity index (χ2n) is 4.83. The monoisotopic (exact) mass is 295 g/mol. The summed E-state index contributed by atoms with van der Waals surface area (Å²) in [5.41, 5.74) is 15.8. The third kappa shape index (κ3) is 3.03. The third-order valence-corrected chi connectivity index (χ3v) is 4.51. The molecule has 2 aromatic carbocycles. The van der Waals surface area contributed by atoms with Gasteiger partial charge in [0.05, 0.1) is 4.88 Å². The maximum Gasteiger partial charge on any atom is 0.123 e. The van der Waals surface area contributed by atoms with Crippen LogP contribution in [0.5, 0.6) is 0 Å². The van der Waals surface area contributed by atoms with Crippen LogP contribution in [0.15, 0.2) is 54.7 Å². The number of hydrogen-bond donors (Lipinski definition) is 2. The van der Waals surface area contributed by atoms with Gasteiger partial charge < -0.3 is 11.5 Å². The predicted octanol–water partition coefficient (Wildman–Crippen LogP) is 3.39. The smallest absolute Gasteiger partial charge is 0.123 e. The molecule has 0 aliphatic heterocycles. The molecule has 0 aliphatic rings. The molecule has 0 fully saturated rings. The maximum atomic E-state index is 5.62. The molecule has 0 saturated heterocycles. The normalized spacial score (nSPS) is 10.8. The molecule has 0 saturated carbocycles. The molecule has 1 aromatic heterocycles. The Bertz CT molecular complexity index is 653. The van der Waals surface area contributed by atoms with Crippen molar-refractivity contribution in [2.75, 3.05) is 0 Å². The molecule has 3 rings (SSSR count). The Morgan fingerprint density at radius 3 is 1.81 bits per heavy atom. The molecule has 0 radical (unpaired) electrons. The Morgan fingerprint density at radius 2 is 1.29 bits per heavy atom. The lowest BCUT2D eigenvalue weighted by atomic mass is 10.1. The lowest BCUT2D eigenvalue weighted by Crippen LogP contribution is -1.95. The summed E-state index contributed by atoms with van der Waals surface area (Å²) in [5, 5.41) is 1.02. The van der Waals surface area contributed by atoms with Gasteiger partial charge in [-0.15, -0.1) is 11.3 Å². The summed E-state index contributed by atoms with van der Waals surface area (Å²) in [6.07, 6.45) is 1.92. The van der Waals surface area contributed by atoms with E-state index in [-0.39, 0.29) is 0 Å². The van der Waals surface area contributed by atoms with Gasteiger partial charge in [-0.25, -0.2) is 4.98 Å². The summed E-state index contributed by atoms with van der Waals surface area (Å²) in [6, 6.07) is 16.5. The van der Waals surface area contributed by atoms with E-state index in [1.165, 1.54) is 5.56 Å². The highest BCUT2D eigenvalue weighted by Gasteiger charge is 2.06. The standard InChI is InChI=1S/C17H17N3S/c18-9-12-1-5-14(6-2-12)16-11-20-17(21-16)15-7-3-13(10-19)4-8-15/h1-8,11H,9-10,18-19H2. The molecule has 3 nitrogen and oxygen atoms in total. The Morgan fingerprint density at radius 1 is 0.762 bits per heavy atom. The van der Waals surface area contributed by atoms with Gasteiger partial charge in [0, 0.05) is 24.8 Å². The topological polar surface area (TPSA) is 64.9 Å². The van der Waals surface area contributed by atoms with Crippen LogP contribution in [0.4, 0.5) is 0 Å². The Hall–Kier alpha value is -2.01. The van der Waals surface area contributed by atoms with Gasteiger partial charge in [-0.2, -0.15) is 0 Å². The lowest BCUT2D eigenvalue weighted by molar-refractivity contribution is 1.07. The summed E-state index contributed by atoms with van der Waals surface area (Å²) in [5.74, 6) is 0. The van der Waals surface area contributed by atoms with Crippen molar-refractivity contribution in [2.24, 2.45) is 11.5 Å². The fourth-order valence-corrected chi connectivity index (χ4v) is 3.06. The highest BCUT2D eigenvalue weighted by atomic mass is 32.1. The first-order chi connectivity index (χ1) is 10.3. The van der Waals surface area contributed by atoms with Crippen LogP contribution < -0.4 is 11.5 Å². The highest BCUT2D eigenvalue weighted by molar-refractivity contribution is 7.18. The van der Waals surface area contributed by atoms with E-state index in [4.69, 9.17) is 11.5 Å². The fourth-order valence-electron chi connectivity index (χ4n) is 2.13. The first kappa shape index (κ1) is 13.9. The summed E-state index contributed by atoms with van der Waals surface area (Å²) in [7, 11) is 0. The number of hydrogen-bond acceptors (Lipinski definition) is 4. The van der Waals surface area contributed by atoms with Crippen LogP contribution in [0.2, 0.25) is 0 Å². The van der Waals surface area contributed by atoms with Gasteiger partial charge >= 0.3 is 0 Å². The number of benzene rings is 2. The van der Waals surface area contributed by atoms with Crippen molar-refractivity contribution in [3.8, 4) is 21.0 Å². The predicted molar refractivity (Wildman–Crippen MR) is 88.8 cm³/mol. The Balaban J connectivity index is 1.87. The minimum absolute atomic E-state index is 0.566. The zero-order valence-corrected chi connectivity index (χ0v) is 12.4. The van der Waals surface area contributed by atoms with Crippen LogP contribution >= 0.6 is 11.3 Å². The molecule has 0 aliphatic carbocycles. The zero-order chi connectivity index (χ0) is 14.7. The van der Waals surface area contributed by atoms with E-state index in [9.17, 15) is 0 Å². The highest BCUT2D eigenvalue weighted by Crippen LogP contribution is 2.32. The molecule has 0 atom stereocenters. The van der Waals surface area contributed by atoms with Crippen LogP contribution in [-0.2, 0) is 13.1 Å². The molecule has 1 heterocycles. The minimum atomic E-state index is 0.566. The van der Waals surface area contributed by atoms with E-state index in [1.54, 1.807) is 11.3 Å². The third-order valence-electron chi connectivity index (χ3n) is 3.42. The van der Waals surface area contributed by atoms with Crippen LogP contribution in [-0.4, -0.2) is 4.98 Å². The van der Waals surface area contributed by atoms with Gasteiger partial charge in [0.2, 0.25) is 0 Å². The number of rotatable bonds is 4. The molecule has 0 unspecified atom stereocenters. The van der Waals surface area contributed by atoms with Gasteiger partial charge in [0.1, 0.15) is 5.01 Å².